The van der Waals surface area contributed by atoms with Crippen LogP contribution in [0.25, 0.3) is 0 Å². The van der Waals surface area contributed by atoms with E-state index < -0.39 is 26.0 Å². The van der Waals surface area contributed by atoms with Crippen molar-refractivity contribution in [2.24, 2.45) is 0 Å². The molecule has 0 aliphatic rings. The van der Waals surface area contributed by atoms with Crippen LogP contribution in [0, 0.1) is 12.3 Å². The van der Waals surface area contributed by atoms with Crippen molar-refractivity contribution in [1.82, 2.24) is 0 Å². The molecular weight excluding hydrogens is 272 g/mol. The van der Waals surface area contributed by atoms with E-state index in [9.17, 15) is 16.8 Å². The fourth-order valence-corrected chi connectivity index (χ4v) is 1.08. The molecule has 0 radical (unpaired) electrons. The van der Waals surface area contributed by atoms with Crippen LogP contribution in [0.1, 0.15) is 6.92 Å². The summed E-state index contributed by atoms with van der Waals surface area (Å²) in [5.41, 5.74) is 0. The second-order valence-electron chi connectivity index (χ2n) is 2.65. The number of ether oxygens (including phenoxy) is 1. The van der Waals surface area contributed by atoms with Gasteiger partial charge in [-0.25, -0.2) is 0 Å². The molecule has 0 spiro atoms. The monoisotopic (exact) mass is 288 g/mol. The Kier molecular flexibility index (Phi) is 10.3. The highest BCUT2D eigenvalue weighted by Gasteiger charge is 1.99. The highest BCUT2D eigenvalue weighted by Crippen LogP contribution is 1.85. The molecule has 1 N–H and O–H groups in total. The Balaban J connectivity index is 0. The largest absolute Gasteiger partial charge is 0.379 e. The van der Waals surface area contributed by atoms with Crippen LogP contribution in [0.3, 0.4) is 0 Å². The molecule has 0 aliphatic carbocycles. The fraction of sp³-hybridized carbons (Fsp3) is 0.750. The molecule has 9 heteroatoms. The van der Waals surface area contributed by atoms with Gasteiger partial charge in [0.05, 0.1) is 19.5 Å². The van der Waals surface area contributed by atoms with Gasteiger partial charge in [-0.15, -0.1) is 6.42 Å². The summed E-state index contributed by atoms with van der Waals surface area (Å²) in [5, 5.41) is 0. The van der Waals surface area contributed by atoms with Crippen LogP contribution < -0.4 is 0 Å². The Hall–Kier alpha value is -0.660. The number of hydrogen-bond acceptors (Lipinski definition) is 6. The maximum absolute atomic E-state index is 10.3. The van der Waals surface area contributed by atoms with Gasteiger partial charge in [-0.3, -0.25) is 8.74 Å². The summed E-state index contributed by atoms with van der Waals surface area (Å²) in [6, 6.07) is 0. The molecule has 0 heterocycles. The fourth-order valence-electron chi connectivity index (χ4n) is 0.494. The lowest BCUT2D eigenvalue weighted by Gasteiger charge is -1.99. The van der Waals surface area contributed by atoms with Crippen LogP contribution in [-0.2, 0) is 29.2 Å². The van der Waals surface area contributed by atoms with Crippen LogP contribution in [0.2, 0.25) is 0 Å². The first-order chi connectivity index (χ1) is 7.62. The molecule has 0 aromatic rings. The maximum atomic E-state index is 10.3. The van der Waals surface area contributed by atoms with Gasteiger partial charge >= 0.3 is 0 Å². The van der Waals surface area contributed by atoms with Crippen LogP contribution in [0.4, 0.5) is 0 Å². The average Bonchev–Trinajstić information content (AvgIpc) is 2.10. The number of terminal acetylenes is 1. The van der Waals surface area contributed by atoms with E-state index in [2.05, 4.69) is 10.6 Å². The molecule has 0 fully saturated rings. The Morgan fingerprint density at radius 3 is 2.00 bits per heavy atom. The van der Waals surface area contributed by atoms with Gasteiger partial charge in [-0.2, -0.15) is 16.8 Å². The molecule has 102 valence electrons. The predicted molar refractivity (Wildman–Crippen MR) is 62.5 cm³/mol. The lowest BCUT2D eigenvalue weighted by molar-refractivity contribution is 0.112. The summed E-state index contributed by atoms with van der Waals surface area (Å²) >= 11 is 0. The zero-order valence-corrected chi connectivity index (χ0v) is 11.3. The summed E-state index contributed by atoms with van der Waals surface area (Å²) in [6.07, 6.45) is 5.54. The smallest absolute Gasteiger partial charge is 0.276 e. The molecule has 0 aromatic heterocycles. The molecule has 0 atom stereocenters. The Bertz CT molecular complexity index is 415. The standard InChI is InChI=1S/C5H12O4S.C3H4O3S/c1-3-8-4-5-9-10(2,6)7;1-2-3-7(4,5)6/h3-5H2,1-2H3;1H,3H2,(H,4,5,6). The summed E-state index contributed by atoms with van der Waals surface area (Å²) < 4.78 is 57.0. The third kappa shape index (κ3) is 25.5. The molecule has 0 aromatic carbocycles. The molecule has 0 rings (SSSR count). The second-order valence-corrected chi connectivity index (χ2v) is 5.75. The van der Waals surface area contributed by atoms with E-state index in [-0.39, 0.29) is 6.61 Å². The molecule has 0 unspecified atom stereocenters. The van der Waals surface area contributed by atoms with Crippen LogP contribution in [0.5, 0.6) is 0 Å². The predicted octanol–water partition coefficient (Wildman–Crippen LogP) is -0.493. The van der Waals surface area contributed by atoms with Crippen molar-refractivity contribution in [3.8, 4) is 12.3 Å². The van der Waals surface area contributed by atoms with Crippen molar-refractivity contribution >= 4 is 20.2 Å². The van der Waals surface area contributed by atoms with E-state index >= 15 is 0 Å². The first-order valence-corrected chi connectivity index (χ1v) is 7.85. The topological polar surface area (TPSA) is 107 Å². The van der Waals surface area contributed by atoms with Crippen LogP contribution in [0.15, 0.2) is 0 Å². The molecule has 0 aliphatic heterocycles. The van der Waals surface area contributed by atoms with Crippen molar-refractivity contribution in [3.05, 3.63) is 0 Å². The molecule has 0 amide bonds. The minimum atomic E-state index is -3.91. The molecule has 7 nitrogen and oxygen atoms in total. The van der Waals surface area contributed by atoms with Gasteiger partial charge in [0.2, 0.25) is 0 Å². The van der Waals surface area contributed by atoms with Crippen molar-refractivity contribution < 1.29 is 30.3 Å². The van der Waals surface area contributed by atoms with Gasteiger partial charge in [-0.1, -0.05) is 5.92 Å². The van der Waals surface area contributed by atoms with E-state index in [0.29, 0.717) is 13.2 Å². The Morgan fingerprint density at radius 2 is 1.76 bits per heavy atom. The van der Waals surface area contributed by atoms with Gasteiger partial charge in [0.25, 0.3) is 20.2 Å². The van der Waals surface area contributed by atoms with E-state index in [0.717, 1.165) is 6.26 Å². The van der Waals surface area contributed by atoms with Gasteiger partial charge in [0.15, 0.2) is 0 Å². The summed E-state index contributed by atoms with van der Waals surface area (Å²) in [5.74, 6) is 1.17. The minimum absolute atomic E-state index is 0.104. The lowest BCUT2D eigenvalue weighted by atomic mass is 10.8. The highest BCUT2D eigenvalue weighted by molar-refractivity contribution is 7.86. The zero-order chi connectivity index (χ0) is 13.9. The van der Waals surface area contributed by atoms with Gasteiger partial charge in [0.1, 0.15) is 5.75 Å². The van der Waals surface area contributed by atoms with Gasteiger partial charge in [-0.05, 0) is 6.92 Å². The average molecular weight is 288 g/mol. The maximum Gasteiger partial charge on any atom is 0.276 e. The highest BCUT2D eigenvalue weighted by atomic mass is 32.2. The molecule has 0 saturated heterocycles. The molecular formula is C8H16O7S2. The van der Waals surface area contributed by atoms with E-state index in [1.165, 1.54) is 0 Å². The van der Waals surface area contributed by atoms with E-state index in [1.54, 1.807) is 5.92 Å². The summed E-state index contributed by atoms with van der Waals surface area (Å²) in [6.45, 7) is 2.84. The first kappa shape index (κ1) is 18.7. The zero-order valence-electron chi connectivity index (χ0n) is 9.62. The van der Waals surface area contributed by atoms with Gasteiger partial charge < -0.3 is 4.74 Å². The van der Waals surface area contributed by atoms with E-state index in [4.69, 9.17) is 9.29 Å². The third-order valence-corrected chi connectivity index (χ3v) is 2.12. The van der Waals surface area contributed by atoms with Crippen LogP contribution in [-0.4, -0.2) is 53.2 Å². The SMILES string of the molecule is C#CCS(=O)(=O)O.CCOCCOS(C)(=O)=O. The van der Waals surface area contributed by atoms with Crippen molar-refractivity contribution in [1.29, 1.82) is 0 Å². The number of hydrogen-bond donors (Lipinski definition) is 1. The summed E-state index contributed by atoms with van der Waals surface area (Å²) in [4.78, 5) is 0. The minimum Gasteiger partial charge on any atom is -0.379 e. The first-order valence-electron chi connectivity index (χ1n) is 4.43. The van der Waals surface area contributed by atoms with Gasteiger partial charge in [0, 0.05) is 6.61 Å². The number of rotatable bonds is 6. The van der Waals surface area contributed by atoms with Crippen LogP contribution >= 0.6 is 0 Å². The Labute approximate surface area is 102 Å². The normalized spacial score (nSPS) is 11.2. The third-order valence-electron chi connectivity index (χ3n) is 0.995. The Morgan fingerprint density at radius 1 is 1.24 bits per heavy atom. The quantitative estimate of drug-likeness (QED) is 0.304. The van der Waals surface area contributed by atoms with Crippen molar-refractivity contribution in [2.45, 2.75) is 6.92 Å². The lowest BCUT2D eigenvalue weighted by Crippen LogP contribution is -2.09. The van der Waals surface area contributed by atoms with Crippen molar-refractivity contribution in [2.75, 3.05) is 31.8 Å². The van der Waals surface area contributed by atoms with Crippen molar-refractivity contribution in [3.63, 3.8) is 0 Å². The molecule has 0 bridgehead atoms. The van der Waals surface area contributed by atoms with E-state index in [1.807, 2.05) is 6.92 Å². The molecule has 17 heavy (non-hydrogen) atoms. The second kappa shape index (κ2) is 9.38. The summed E-state index contributed by atoms with van der Waals surface area (Å²) in [7, 11) is -7.19. The molecule has 0 saturated carbocycles.